The van der Waals surface area contributed by atoms with Gasteiger partial charge < -0.3 is 4.74 Å². The van der Waals surface area contributed by atoms with Crippen LogP contribution in [0.3, 0.4) is 0 Å². The summed E-state index contributed by atoms with van der Waals surface area (Å²) in [6, 6.07) is 8.50. The molecule has 100 valence electrons. The average molecular weight is 423 g/mol. The fraction of sp³-hybridized carbons (Fsp3) is 0.600. The van der Waals surface area contributed by atoms with Gasteiger partial charge in [-0.2, -0.15) is 0 Å². The first-order valence-corrected chi connectivity index (χ1v) is 8.97. The van der Waals surface area contributed by atoms with Gasteiger partial charge in [-0.15, -0.1) is 0 Å². The van der Waals surface area contributed by atoms with Crippen LogP contribution in [-0.2, 0) is 4.74 Å². The van der Waals surface area contributed by atoms with Crippen molar-refractivity contribution in [1.82, 2.24) is 0 Å². The molecule has 0 aliphatic heterocycles. The van der Waals surface area contributed by atoms with Gasteiger partial charge in [0.2, 0.25) is 0 Å². The molecule has 1 fully saturated rings. The Bertz CT molecular complexity index is 375. The van der Waals surface area contributed by atoms with Gasteiger partial charge in [0.1, 0.15) is 0 Å². The first kappa shape index (κ1) is 14.8. The number of alkyl halides is 1. The summed E-state index contributed by atoms with van der Waals surface area (Å²) in [5.74, 6) is 0.883. The van der Waals surface area contributed by atoms with E-state index in [4.69, 9.17) is 4.74 Å². The minimum atomic E-state index is 0.238. The number of hydrogen-bond acceptors (Lipinski definition) is 1. The van der Waals surface area contributed by atoms with Crippen molar-refractivity contribution >= 4 is 38.5 Å². The molecule has 0 bridgehead atoms. The van der Waals surface area contributed by atoms with Crippen molar-refractivity contribution in [2.45, 2.75) is 44.8 Å². The average Bonchev–Trinajstić information content (AvgIpc) is 2.38. The minimum Gasteiger partial charge on any atom is -0.369 e. The highest BCUT2D eigenvalue weighted by Crippen LogP contribution is 2.31. The Kier molecular flexibility index (Phi) is 5.96. The predicted molar refractivity (Wildman–Crippen MR) is 88.3 cm³/mol. The topological polar surface area (TPSA) is 9.23 Å². The molecule has 2 rings (SSSR count). The molecule has 1 atom stereocenters. The lowest BCUT2D eigenvalue weighted by atomic mass is 9.89. The zero-order chi connectivity index (χ0) is 13.0. The maximum absolute atomic E-state index is 6.30. The summed E-state index contributed by atoms with van der Waals surface area (Å²) in [7, 11) is 0. The molecule has 1 aliphatic carbocycles. The van der Waals surface area contributed by atoms with E-state index in [0.717, 1.165) is 14.8 Å². The van der Waals surface area contributed by atoms with Crippen LogP contribution in [0.1, 0.15) is 44.3 Å². The maximum Gasteiger partial charge on any atom is 0.0918 e. The molecule has 0 spiro atoms. The highest BCUT2D eigenvalue weighted by atomic mass is 127. The third-order valence-corrected chi connectivity index (χ3v) is 4.97. The molecule has 0 radical (unpaired) electrons. The lowest BCUT2D eigenvalue weighted by molar-refractivity contribution is -0.0248. The molecule has 1 aromatic carbocycles. The van der Waals surface area contributed by atoms with Crippen molar-refractivity contribution in [3.05, 3.63) is 34.3 Å². The van der Waals surface area contributed by atoms with Crippen LogP contribution in [0.15, 0.2) is 28.7 Å². The Morgan fingerprint density at radius 1 is 1.33 bits per heavy atom. The highest BCUT2D eigenvalue weighted by molar-refractivity contribution is 14.1. The molecular weight excluding hydrogens is 403 g/mol. The monoisotopic (exact) mass is 422 g/mol. The van der Waals surface area contributed by atoms with Gasteiger partial charge in [0.15, 0.2) is 0 Å². The SMILES string of the molecule is CC1CCC(OC(CI)c2cccc(Br)c2)CC1. The van der Waals surface area contributed by atoms with Crippen LogP contribution in [-0.4, -0.2) is 10.5 Å². The smallest absolute Gasteiger partial charge is 0.0918 e. The van der Waals surface area contributed by atoms with Crippen LogP contribution in [0.2, 0.25) is 0 Å². The van der Waals surface area contributed by atoms with Crippen LogP contribution in [0.25, 0.3) is 0 Å². The van der Waals surface area contributed by atoms with Crippen molar-refractivity contribution in [1.29, 1.82) is 0 Å². The molecule has 0 aromatic heterocycles. The van der Waals surface area contributed by atoms with E-state index in [1.54, 1.807) is 0 Å². The van der Waals surface area contributed by atoms with Gasteiger partial charge in [0, 0.05) is 8.90 Å². The lowest BCUT2D eigenvalue weighted by Gasteiger charge is -2.29. The minimum absolute atomic E-state index is 0.238. The maximum atomic E-state index is 6.30. The van der Waals surface area contributed by atoms with Gasteiger partial charge in [0.25, 0.3) is 0 Å². The zero-order valence-corrected chi connectivity index (χ0v) is 14.5. The molecule has 0 saturated heterocycles. The molecule has 18 heavy (non-hydrogen) atoms. The molecular formula is C15H20BrIO. The Morgan fingerprint density at radius 3 is 2.67 bits per heavy atom. The Balaban J connectivity index is 1.97. The van der Waals surface area contributed by atoms with Crippen LogP contribution in [0.4, 0.5) is 0 Å². The third-order valence-electron chi connectivity index (χ3n) is 3.68. The van der Waals surface area contributed by atoms with Gasteiger partial charge in [-0.25, -0.2) is 0 Å². The number of halogens is 2. The highest BCUT2D eigenvalue weighted by Gasteiger charge is 2.22. The van der Waals surface area contributed by atoms with Gasteiger partial charge in [-0.1, -0.05) is 57.6 Å². The van der Waals surface area contributed by atoms with E-state index in [9.17, 15) is 0 Å². The van der Waals surface area contributed by atoms with Gasteiger partial charge in [-0.3, -0.25) is 0 Å². The number of ether oxygens (including phenoxy) is 1. The Morgan fingerprint density at radius 2 is 2.06 bits per heavy atom. The predicted octanol–water partition coefficient (Wildman–Crippen LogP) is 5.52. The van der Waals surface area contributed by atoms with Gasteiger partial charge >= 0.3 is 0 Å². The molecule has 1 saturated carbocycles. The molecule has 1 nitrogen and oxygen atoms in total. The van der Waals surface area contributed by atoms with Crippen molar-refractivity contribution in [2.75, 3.05) is 4.43 Å². The summed E-state index contributed by atoms with van der Waals surface area (Å²) in [5.41, 5.74) is 1.29. The van der Waals surface area contributed by atoms with Gasteiger partial charge in [-0.05, 0) is 49.3 Å². The van der Waals surface area contributed by atoms with Gasteiger partial charge in [0.05, 0.1) is 12.2 Å². The van der Waals surface area contributed by atoms with Crippen molar-refractivity contribution in [3.63, 3.8) is 0 Å². The van der Waals surface area contributed by atoms with Crippen molar-refractivity contribution < 1.29 is 4.74 Å². The van der Waals surface area contributed by atoms with E-state index < -0.39 is 0 Å². The first-order chi connectivity index (χ1) is 8.69. The molecule has 0 amide bonds. The van der Waals surface area contributed by atoms with Crippen molar-refractivity contribution in [2.24, 2.45) is 5.92 Å². The number of rotatable bonds is 4. The Labute approximate surface area is 132 Å². The quantitative estimate of drug-likeness (QED) is 0.458. The zero-order valence-electron chi connectivity index (χ0n) is 10.7. The molecule has 1 unspecified atom stereocenters. The van der Waals surface area contributed by atoms with E-state index in [-0.39, 0.29) is 6.10 Å². The number of benzene rings is 1. The fourth-order valence-corrected chi connectivity index (χ4v) is 3.64. The normalized spacial score (nSPS) is 25.9. The van der Waals surface area contributed by atoms with E-state index in [1.165, 1.54) is 31.2 Å². The second kappa shape index (κ2) is 7.25. The summed E-state index contributed by atoms with van der Waals surface area (Å²) in [5, 5.41) is 0. The summed E-state index contributed by atoms with van der Waals surface area (Å²) in [6.45, 7) is 2.35. The Hall–Kier alpha value is 0.390. The molecule has 0 heterocycles. The second-order valence-corrected chi connectivity index (χ2v) is 7.01. The van der Waals surface area contributed by atoms with Crippen molar-refractivity contribution in [3.8, 4) is 0 Å². The summed E-state index contributed by atoms with van der Waals surface area (Å²) < 4.78 is 8.45. The van der Waals surface area contributed by atoms with Crippen LogP contribution in [0.5, 0.6) is 0 Å². The summed E-state index contributed by atoms with van der Waals surface area (Å²) >= 11 is 5.96. The number of hydrogen-bond donors (Lipinski definition) is 0. The molecule has 1 aliphatic rings. The largest absolute Gasteiger partial charge is 0.369 e. The third kappa shape index (κ3) is 4.20. The second-order valence-electron chi connectivity index (χ2n) is 5.22. The molecule has 3 heteroatoms. The first-order valence-electron chi connectivity index (χ1n) is 6.66. The molecule has 1 aromatic rings. The standard InChI is InChI=1S/C15H20BrIO/c1-11-5-7-14(8-6-11)18-15(10-17)12-3-2-4-13(16)9-12/h2-4,9,11,14-15H,5-8,10H2,1H3. The summed E-state index contributed by atoms with van der Waals surface area (Å²) in [4.78, 5) is 0. The lowest BCUT2D eigenvalue weighted by Crippen LogP contribution is -2.23. The van der Waals surface area contributed by atoms with E-state index >= 15 is 0 Å². The van der Waals surface area contributed by atoms with Crippen LogP contribution >= 0.6 is 38.5 Å². The van der Waals surface area contributed by atoms with E-state index in [0.29, 0.717) is 6.10 Å². The van der Waals surface area contributed by atoms with E-state index in [2.05, 4.69) is 69.7 Å². The molecule has 0 N–H and O–H groups in total. The van der Waals surface area contributed by atoms with Crippen LogP contribution < -0.4 is 0 Å². The van der Waals surface area contributed by atoms with Crippen LogP contribution in [0, 0.1) is 5.92 Å². The summed E-state index contributed by atoms with van der Waals surface area (Å²) in [6.07, 6.45) is 5.78. The van der Waals surface area contributed by atoms with E-state index in [1.807, 2.05) is 0 Å². The fourth-order valence-electron chi connectivity index (χ4n) is 2.51.